The van der Waals surface area contributed by atoms with E-state index >= 15 is 0 Å². The van der Waals surface area contributed by atoms with Crippen molar-refractivity contribution < 1.29 is 52.0 Å². The molecule has 5 heteroatoms. The van der Waals surface area contributed by atoms with Crippen LogP contribution in [0.2, 0.25) is 19.6 Å². The van der Waals surface area contributed by atoms with Gasteiger partial charge in [0.25, 0.3) is 0 Å². The molecule has 0 aromatic heterocycles. The molecule has 5 rings (SSSR count). The van der Waals surface area contributed by atoms with Gasteiger partial charge in [-0.3, -0.25) is 0 Å². The summed E-state index contributed by atoms with van der Waals surface area (Å²) >= 11 is -0.679. The summed E-state index contributed by atoms with van der Waals surface area (Å²) in [6, 6.07) is 25.1. The Balaban J connectivity index is 0.00000162. The number of fused-ring (bicyclic) bond motifs is 4. The van der Waals surface area contributed by atoms with Crippen molar-refractivity contribution >= 4 is 18.1 Å². The molecule has 0 bridgehead atoms. The molecular weight excluding hydrogens is 555 g/mol. The van der Waals surface area contributed by atoms with Crippen molar-refractivity contribution in [3.63, 3.8) is 0 Å². The fourth-order valence-electron chi connectivity index (χ4n) is 5.33. The van der Waals surface area contributed by atoms with Crippen LogP contribution in [0, 0.1) is 0 Å². The maximum atomic E-state index is 6.28. The molecular formula is C29H31Cl2OSiZr. The second-order valence-corrected chi connectivity index (χ2v) is 17.9. The van der Waals surface area contributed by atoms with E-state index in [1.165, 1.54) is 33.4 Å². The Kier molecular flexibility index (Phi) is 9.15. The molecule has 3 aromatic rings. The van der Waals surface area contributed by atoms with Gasteiger partial charge < -0.3 is 24.8 Å². The zero-order chi connectivity index (χ0) is 22.3. The summed E-state index contributed by atoms with van der Waals surface area (Å²) in [4.78, 5) is 0. The Labute approximate surface area is 229 Å². The van der Waals surface area contributed by atoms with Crippen LogP contribution in [0.15, 0.2) is 72.3 Å². The van der Waals surface area contributed by atoms with Crippen molar-refractivity contribution in [1.29, 1.82) is 0 Å². The van der Waals surface area contributed by atoms with E-state index in [0.717, 1.165) is 13.0 Å². The Morgan fingerprint density at radius 3 is 2.21 bits per heavy atom. The molecule has 0 radical (unpaired) electrons. The number of hydrogen-bond acceptors (Lipinski definition) is 1. The standard InChI is InChI=1S/C27H27OSi.C2H4.2ClH.Zr/c1-29(2,3)28-16-15-21-17-19-9-5-7-12-23(19)27(21)25-14-8-13-24-22-11-6-4-10-20(22)18-26(24)25;1-2;;;/h4-14,17-18,27H,15-16H2,1-3H3;1H,2H3;2*1H;/q;;;;+2/p-2. The minimum absolute atomic E-state index is 0. The van der Waals surface area contributed by atoms with E-state index in [1.54, 1.807) is 11.1 Å². The molecule has 0 heterocycles. The molecule has 1 nitrogen and oxygen atoms in total. The first-order chi connectivity index (χ1) is 15.5. The quantitative estimate of drug-likeness (QED) is 0.398. The van der Waals surface area contributed by atoms with Gasteiger partial charge in [-0.25, -0.2) is 0 Å². The molecule has 34 heavy (non-hydrogen) atoms. The monoisotopic (exact) mass is 583 g/mol. The van der Waals surface area contributed by atoms with Crippen molar-refractivity contribution in [3.8, 4) is 11.1 Å². The molecule has 2 atom stereocenters. The molecule has 0 amide bonds. The Morgan fingerprint density at radius 2 is 1.47 bits per heavy atom. The number of rotatable bonds is 6. The van der Waals surface area contributed by atoms with Crippen LogP contribution < -0.4 is 24.8 Å². The molecule has 2 aliphatic rings. The molecule has 0 saturated heterocycles. The van der Waals surface area contributed by atoms with Crippen LogP contribution in [-0.4, -0.2) is 18.6 Å². The van der Waals surface area contributed by atoms with Gasteiger partial charge in [0.1, 0.15) is 0 Å². The second kappa shape index (κ2) is 11.3. The zero-order valence-electron chi connectivity index (χ0n) is 20.2. The van der Waals surface area contributed by atoms with E-state index in [2.05, 4.69) is 103 Å². The summed E-state index contributed by atoms with van der Waals surface area (Å²) < 4.78 is 9.39. The van der Waals surface area contributed by atoms with Gasteiger partial charge in [0.2, 0.25) is 0 Å². The fourth-order valence-corrected chi connectivity index (χ4v) is 9.12. The Hall–Kier alpha value is -1.09. The third-order valence-electron chi connectivity index (χ3n) is 6.58. The summed E-state index contributed by atoms with van der Waals surface area (Å²) in [5, 5.41) is 0. The first kappa shape index (κ1) is 27.5. The van der Waals surface area contributed by atoms with Crippen LogP contribution in [-0.2, 0) is 27.2 Å². The molecule has 2 aliphatic carbocycles. The van der Waals surface area contributed by atoms with Gasteiger partial charge in [0, 0.05) is 0 Å². The first-order valence-electron chi connectivity index (χ1n) is 11.7. The molecule has 175 valence electrons. The van der Waals surface area contributed by atoms with Crippen LogP contribution in [0.3, 0.4) is 0 Å². The molecule has 0 aliphatic heterocycles. The normalized spacial score (nSPS) is 17.7. The van der Waals surface area contributed by atoms with Crippen LogP contribution in [0.1, 0.15) is 50.7 Å². The number of benzene rings is 3. The average Bonchev–Trinajstić information content (AvgIpc) is 3.29. The predicted octanol–water partition coefficient (Wildman–Crippen LogP) is 1.44. The van der Waals surface area contributed by atoms with Crippen molar-refractivity contribution in [3.05, 3.63) is 100 Å². The third-order valence-corrected chi connectivity index (χ3v) is 10.8. The van der Waals surface area contributed by atoms with E-state index < -0.39 is 31.1 Å². The second-order valence-electron chi connectivity index (χ2n) is 9.78. The topological polar surface area (TPSA) is 9.23 Å². The maximum Gasteiger partial charge on any atom is -1.00 e. The van der Waals surface area contributed by atoms with Gasteiger partial charge >= 0.3 is 206 Å². The zero-order valence-corrected chi connectivity index (χ0v) is 25.2. The van der Waals surface area contributed by atoms with E-state index in [0.29, 0.717) is 9.54 Å². The van der Waals surface area contributed by atoms with Crippen LogP contribution in [0.5, 0.6) is 0 Å². The predicted molar refractivity (Wildman–Crippen MR) is 136 cm³/mol. The third kappa shape index (κ3) is 5.20. The minimum atomic E-state index is -1.52. The number of halogens is 2. The summed E-state index contributed by atoms with van der Waals surface area (Å²) in [6.07, 6.45) is 3.45. The van der Waals surface area contributed by atoms with E-state index in [9.17, 15) is 0 Å². The van der Waals surface area contributed by atoms with Gasteiger partial charge in [-0.15, -0.1) is 0 Å². The minimum Gasteiger partial charge on any atom is -1.00 e. The Bertz CT molecular complexity index is 1230. The first-order valence-corrected chi connectivity index (χ1v) is 17.9. The summed E-state index contributed by atoms with van der Waals surface area (Å²) in [6.45, 7) is 9.92. The smallest absolute Gasteiger partial charge is 1.00 e. The van der Waals surface area contributed by atoms with Gasteiger partial charge in [-0.2, -0.15) is 0 Å². The van der Waals surface area contributed by atoms with Crippen LogP contribution >= 0.6 is 0 Å². The van der Waals surface area contributed by atoms with Gasteiger partial charge in [0.05, 0.1) is 0 Å². The van der Waals surface area contributed by atoms with Gasteiger partial charge in [0.15, 0.2) is 0 Å². The summed E-state index contributed by atoms with van der Waals surface area (Å²) in [5.41, 5.74) is 12.0. The molecule has 0 spiro atoms. The largest absolute Gasteiger partial charge is 1.00 e. The maximum absolute atomic E-state index is 6.28. The van der Waals surface area contributed by atoms with E-state index in [-0.39, 0.29) is 24.8 Å². The van der Waals surface area contributed by atoms with Crippen molar-refractivity contribution in [2.75, 3.05) is 6.61 Å². The number of hydrogen-bond donors (Lipinski definition) is 0. The van der Waals surface area contributed by atoms with Crippen molar-refractivity contribution in [1.82, 2.24) is 0 Å². The SMILES string of the molecule is C[CH]=[Zr+2][CH]1c2ccccc2-c2cccc(C3C(CCO[Si](C)(C)C)=Cc4ccccc43)c21.[Cl-].[Cl-]. The molecule has 0 fully saturated rings. The fraction of sp³-hybridized carbons (Fsp3) is 0.276. The van der Waals surface area contributed by atoms with Crippen LogP contribution in [0.25, 0.3) is 17.2 Å². The Morgan fingerprint density at radius 1 is 0.824 bits per heavy atom. The van der Waals surface area contributed by atoms with Crippen molar-refractivity contribution in [2.24, 2.45) is 0 Å². The van der Waals surface area contributed by atoms with Gasteiger partial charge in [-0.05, 0) is 0 Å². The molecule has 0 N–H and O–H groups in total. The molecule has 2 unspecified atom stereocenters. The molecule has 0 saturated carbocycles. The average molecular weight is 586 g/mol. The summed E-state index contributed by atoms with van der Waals surface area (Å²) in [7, 11) is -1.52. The van der Waals surface area contributed by atoms with Crippen molar-refractivity contribution in [2.45, 2.75) is 42.5 Å². The van der Waals surface area contributed by atoms with E-state index in [4.69, 9.17) is 4.43 Å². The summed E-state index contributed by atoms with van der Waals surface area (Å²) in [5.74, 6) is 0.347. The van der Waals surface area contributed by atoms with Gasteiger partial charge in [-0.1, -0.05) is 0 Å². The van der Waals surface area contributed by atoms with E-state index in [1.807, 2.05) is 0 Å². The molecule has 3 aromatic carbocycles. The van der Waals surface area contributed by atoms with Crippen LogP contribution in [0.4, 0.5) is 0 Å².